The Morgan fingerprint density at radius 2 is 2.11 bits per heavy atom. The fraction of sp³-hybridized carbons (Fsp3) is 0.500. The molecule has 1 atom stereocenters. The largest absolute Gasteiger partial charge is 0.497 e. The first-order valence-electron chi connectivity index (χ1n) is 5.96. The van der Waals surface area contributed by atoms with E-state index < -0.39 is 21.1 Å². The SMILES string of the molecule is CCNCC(C)S(=O)(=O)Nc1cc(OC)ccc1F. The van der Waals surface area contributed by atoms with Crippen LogP contribution in [0.1, 0.15) is 13.8 Å². The topological polar surface area (TPSA) is 67.4 Å². The van der Waals surface area contributed by atoms with Crippen LogP contribution in [-0.4, -0.2) is 33.9 Å². The van der Waals surface area contributed by atoms with Crippen LogP contribution in [0.3, 0.4) is 0 Å². The van der Waals surface area contributed by atoms with E-state index in [9.17, 15) is 12.8 Å². The number of hydrogen-bond donors (Lipinski definition) is 2. The van der Waals surface area contributed by atoms with E-state index in [4.69, 9.17) is 4.74 Å². The summed E-state index contributed by atoms with van der Waals surface area (Å²) in [5, 5.41) is 2.27. The first-order chi connectivity index (χ1) is 8.90. The lowest BCUT2D eigenvalue weighted by molar-refractivity contribution is 0.414. The molecule has 108 valence electrons. The molecule has 1 aromatic rings. The standard InChI is InChI=1S/C12H19FN2O3S/c1-4-14-8-9(2)19(16,17)15-12-7-10(18-3)5-6-11(12)13/h5-7,9,14-15H,4,8H2,1-3H3. The molecule has 2 N–H and O–H groups in total. The van der Waals surface area contributed by atoms with Crippen LogP contribution in [0.5, 0.6) is 5.75 Å². The maximum atomic E-state index is 13.6. The van der Waals surface area contributed by atoms with Crippen LogP contribution in [0.2, 0.25) is 0 Å². The fourth-order valence-electron chi connectivity index (χ4n) is 1.42. The molecule has 0 aromatic heterocycles. The van der Waals surface area contributed by atoms with Gasteiger partial charge < -0.3 is 10.1 Å². The Morgan fingerprint density at radius 3 is 2.68 bits per heavy atom. The molecule has 0 heterocycles. The smallest absolute Gasteiger partial charge is 0.236 e. The minimum Gasteiger partial charge on any atom is -0.497 e. The Balaban J connectivity index is 2.88. The Hall–Kier alpha value is -1.34. The number of methoxy groups -OCH3 is 1. The number of anilines is 1. The van der Waals surface area contributed by atoms with Gasteiger partial charge in [0.2, 0.25) is 10.0 Å². The highest BCUT2D eigenvalue weighted by Crippen LogP contribution is 2.22. The van der Waals surface area contributed by atoms with E-state index in [0.717, 1.165) is 6.07 Å². The quantitative estimate of drug-likeness (QED) is 0.800. The van der Waals surface area contributed by atoms with E-state index in [0.29, 0.717) is 18.8 Å². The van der Waals surface area contributed by atoms with Gasteiger partial charge in [-0.3, -0.25) is 4.72 Å². The summed E-state index contributed by atoms with van der Waals surface area (Å²) in [6.07, 6.45) is 0. The summed E-state index contributed by atoms with van der Waals surface area (Å²) < 4.78 is 44.7. The first-order valence-corrected chi connectivity index (χ1v) is 7.51. The second-order valence-electron chi connectivity index (χ2n) is 4.11. The van der Waals surface area contributed by atoms with Gasteiger partial charge in [0.15, 0.2) is 0 Å². The van der Waals surface area contributed by atoms with Crippen LogP contribution in [0.4, 0.5) is 10.1 Å². The van der Waals surface area contributed by atoms with E-state index in [1.54, 1.807) is 6.92 Å². The summed E-state index contributed by atoms with van der Waals surface area (Å²) in [5.74, 6) is -0.251. The third kappa shape index (κ3) is 4.36. The van der Waals surface area contributed by atoms with Crippen molar-refractivity contribution in [2.45, 2.75) is 19.1 Å². The molecule has 0 saturated carbocycles. The van der Waals surface area contributed by atoms with Gasteiger partial charge in [0.05, 0.1) is 18.0 Å². The predicted octanol–water partition coefficient (Wildman–Crippen LogP) is 1.57. The summed E-state index contributed by atoms with van der Waals surface area (Å²) in [6, 6.07) is 3.90. The van der Waals surface area contributed by atoms with E-state index in [1.165, 1.54) is 19.2 Å². The number of rotatable bonds is 7. The van der Waals surface area contributed by atoms with Gasteiger partial charge in [-0.15, -0.1) is 0 Å². The van der Waals surface area contributed by atoms with Gasteiger partial charge in [-0.25, -0.2) is 12.8 Å². The molecule has 5 nitrogen and oxygen atoms in total. The van der Waals surface area contributed by atoms with Gasteiger partial charge in [-0.1, -0.05) is 6.92 Å². The van der Waals surface area contributed by atoms with Crippen molar-refractivity contribution in [3.05, 3.63) is 24.0 Å². The van der Waals surface area contributed by atoms with Gasteiger partial charge >= 0.3 is 0 Å². The number of hydrogen-bond acceptors (Lipinski definition) is 4. The zero-order valence-electron chi connectivity index (χ0n) is 11.2. The third-order valence-electron chi connectivity index (χ3n) is 2.64. The highest BCUT2D eigenvalue weighted by Gasteiger charge is 2.21. The van der Waals surface area contributed by atoms with Crippen molar-refractivity contribution in [2.75, 3.05) is 24.9 Å². The Morgan fingerprint density at radius 1 is 1.42 bits per heavy atom. The second-order valence-corrected chi connectivity index (χ2v) is 6.21. The molecule has 0 saturated heterocycles. The number of sulfonamides is 1. The highest BCUT2D eigenvalue weighted by atomic mass is 32.2. The van der Waals surface area contributed by atoms with Gasteiger partial charge in [0.25, 0.3) is 0 Å². The molecule has 0 amide bonds. The fourth-order valence-corrected chi connectivity index (χ4v) is 2.42. The molecule has 0 aliphatic heterocycles. The lowest BCUT2D eigenvalue weighted by atomic mass is 10.3. The minimum atomic E-state index is -3.64. The number of halogens is 1. The van der Waals surface area contributed by atoms with Crippen molar-refractivity contribution in [3.8, 4) is 5.75 Å². The van der Waals surface area contributed by atoms with E-state index in [1.807, 2.05) is 6.92 Å². The maximum Gasteiger partial charge on any atom is 0.236 e. The van der Waals surface area contributed by atoms with E-state index in [-0.39, 0.29) is 5.69 Å². The van der Waals surface area contributed by atoms with Crippen molar-refractivity contribution in [3.63, 3.8) is 0 Å². The van der Waals surface area contributed by atoms with Crippen molar-refractivity contribution >= 4 is 15.7 Å². The highest BCUT2D eigenvalue weighted by molar-refractivity contribution is 7.93. The van der Waals surface area contributed by atoms with Gasteiger partial charge in [-0.2, -0.15) is 0 Å². The molecule has 19 heavy (non-hydrogen) atoms. The summed E-state index contributed by atoms with van der Waals surface area (Å²) in [4.78, 5) is 0. The van der Waals surface area contributed by atoms with Crippen LogP contribution < -0.4 is 14.8 Å². The molecule has 0 aliphatic carbocycles. The Kier molecular flexibility index (Phi) is 5.56. The number of nitrogens with one attached hydrogen (secondary N) is 2. The van der Waals surface area contributed by atoms with Crippen LogP contribution >= 0.6 is 0 Å². The van der Waals surface area contributed by atoms with E-state index in [2.05, 4.69) is 10.0 Å². The molecule has 0 aliphatic rings. The van der Waals surface area contributed by atoms with Gasteiger partial charge in [0.1, 0.15) is 11.6 Å². The molecule has 1 aromatic carbocycles. The molecule has 0 radical (unpaired) electrons. The molecule has 7 heteroatoms. The summed E-state index contributed by atoms with van der Waals surface area (Å²) in [6.45, 7) is 4.42. The number of benzene rings is 1. The normalized spacial score (nSPS) is 13.1. The monoisotopic (exact) mass is 290 g/mol. The second kappa shape index (κ2) is 6.72. The Labute approximate surface area is 113 Å². The molecule has 0 spiro atoms. The van der Waals surface area contributed by atoms with Crippen molar-refractivity contribution in [1.82, 2.24) is 5.32 Å². The van der Waals surface area contributed by atoms with Crippen molar-refractivity contribution in [1.29, 1.82) is 0 Å². The summed E-state index contributed by atoms with van der Waals surface area (Å²) in [7, 11) is -2.21. The first kappa shape index (κ1) is 15.7. The van der Waals surface area contributed by atoms with Crippen LogP contribution in [0.25, 0.3) is 0 Å². The van der Waals surface area contributed by atoms with Gasteiger partial charge in [0, 0.05) is 12.6 Å². The number of ether oxygens (including phenoxy) is 1. The zero-order chi connectivity index (χ0) is 14.5. The van der Waals surface area contributed by atoms with Crippen molar-refractivity contribution < 1.29 is 17.5 Å². The molecular formula is C12H19FN2O3S. The molecule has 1 unspecified atom stereocenters. The molecular weight excluding hydrogens is 271 g/mol. The summed E-state index contributed by atoms with van der Waals surface area (Å²) in [5.41, 5.74) is -0.109. The predicted molar refractivity (Wildman–Crippen MR) is 73.5 cm³/mol. The molecule has 0 bridgehead atoms. The van der Waals surface area contributed by atoms with Crippen molar-refractivity contribution in [2.24, 2.45) is 0 Å². The average Bonchev–Trinajstić information content (AvgIpc) is 2.38. The molecule has 1 rings (SSSR count). The van der Waals surface area contributed by atoms with Crippen LogP contribution in [0, 0.1) is 5.82 Å². The average molecular weight is 290 g/mol. The van der Waals surface area contributed by atoms with Gasteiger partial charge in [-0.05, 0) is 25.6 Å². The van der Waals surface area contributed by atoms with E-state index >= 15 is 0 Å². The van der Waals surface area contributed by atoms with Crippen LogP contribution in [0.15, 0.2) is 18.2 Å². The minimum absolute atomic E-state index is 0.109. The maximum absolute atomic E-state index is 13.6. The third-order valence-corrected chi connectivity index (χ3v) is 4.37. The lowest BCUT2D eigenvalue weighted by Crippen LogP contribution is -2.34. The molecule has 0 fully saturated rings. The lowest BCUT2D eigenvalue weighted by Gasteiger charge is -2.15. The summed E-state index contributed by atoms with van der Waals surface area (Å²) >= 11 is 0. The zero-order valence-corrected chi connectivity index (χ0v) is 12.1. The van der Waals surface area contributed by atoms with Crippen LogP contribution in [-0.2, 0) is 10.0 Å². The Bertz CT molecular complexity index is 520.